The summed E-state index contributed by atoms with van der Waals surface area (Å²) in [6.07, 6.45) is 3.59. The van der Waals surface area contributed by atoms with E-state index in [4.69, 9.17) is 5.73 Å². The van der Waals surface area contributed by atoms with Crippen molar-refractivity contribution >= 4 is 37.5 Å². The quantitative estimate of drug-likeness (QED) is 0.862. The van der Waals surface area contributed by atoms with Crippen LogP contribution >= 0.6 is 31.9 Å². The molecule has 94 valence electrons. The SMILES string of the molecule is NCC(Nc1ccc(Br)cc1)c1cncc(Br)c1. The largest absolute Gasteiger partial charge is 0.377 e. The van der Waals surface area contributed by atoms with Gasteiger partial charge in [0.2, 0.25) is 0 Å². The first-order valence-electron chi connectivity index (χ1n) is 5.51. The van der Waals surface area contributed by atoms with Crippen molar-refractivity contribution < 1.29 is 0 Å². The monoisotopic (exact) mass is 369 g/mol. The Labute approximate surface area is 123 Å². The normalized spacial score (nSPS) is 12.2. The van der Waals surface area contributed by atoms with Crippen LogP contribution in [0.25, 0.3) is 0 Å². The van der Waals surface area contributed by atoms with Gasteiger partial charge in [0.25, 0.3) is 0 Å². The summed E-state index contributed by atoms with van der Waals surface area (Å²) in [4.78, 5) is 4.16. The zero-order valence-electron chi connectivity index (χ0n) is 9.61. The number of aromatic nitrogens is 1. The van der Waals surface area contributed by atoms with Crippen LogP contribution in [0.1, 0.15) is 11.6 Å². The second-order valence-electron chi connectivity index (χ2n) is 3.88. The van der Waals surface area contributed by atoms with Crippen molar-refractivity contribution in [2.24, 2.45) is 5.73 Å². The van der Waals surface area contributed by atoms with Crippen LogP contribution in [0.15, 0.2) is 51.7 Å². The number of anilines is 1. The zero-order chi connectivity index (χ0) is 13.0. The van der Waals surface area contributed by atoms with E-state index in [1.807, 2.05) is 36.5 Å². The summed E-state index contributed by atoms with van der Waals surface area (Å²) in [5.74, 6) is 0. The van der Waals surface area contributed by atoms with Gasteiger partial charge in [-0.25, -0.2) is 0 Å². The van der Waals surface area contributed by atoms with Crippen molar-refractivity contribution in [1.29, 1.82) is 0 Å². The second-order valence-corrected chi connectivity index (χ2v) is 5.71. The van der Waals surface area contributed by atoms with Gasteiger partial charge in [-0.3, -0.25) is 4.98 Å². The van der Waals surface area contributed by atoms with Crippen LogP contribution in [0.5, 0.6) is 0 Å². The first-order valence-corrected chi connectivity index (χ1v) is 7.10. The minimum Gasteiger partial charge on any atom is -0.377 e. The molecule has 1 unspecified atom stereocenters. The van der Waals surface area contributed by atoms with Gasteiger partial charge in [0.15, 0.2) is 0 Å². The molecule has 0 spiro atoms. The van der Waals surface area contributed by atoms with Crippen LogP contribution < -0.4 is 11.1 Å². The maximum atomic E-state index is 5.82. The first-order chi connectivity index (χ1) is 8.69. The fraction of sp³-hybridized carbons (Fsp3) is 0.154. The van der Waals surface area contributed by atoms with Gasteiger partial charge in [-0.1, -0.05) is 15.9 Å². The van der Waals surface area contributed by atoms with Gasteiger partial charge in [0, 0.05) is 33.6 Å². The molecule has 1 heterocycles. The third kappa shape index (κ3) is 3.54. The molecule has 0 saturated carbocycles. The lowest BCUT2D eigenvalue weighted by molar-refractivity contribution is 0.784. The Kier molecular flexibility index (Phi) is 4.74. The molecule has 1 atom stereocenters. The van der Waals surface area contributed by atoms with E-state index in [1.165, 1.54) is 0 Å². The predicted molar refractivity (Wildman–Crippen MR) is 81.5 cm³/mol. The van der Waals surface area contributed by atoms with Crippen molar-refractivity contribution in [2.75, 3.05) is 11.9 Å². The van der Waals surface area contributed by atoms with Crippen LogP contribution in [0.2, 0.25) is 0 Å². The number of nitrogens with one attached hydrogen (secondary N) is 1. The topological polar surface area (TPSA) is 50.9 Å². The lowest BCUT2D eigenvalue weighted by atomic mass is 10.1. The molecule has 0 amide bonds. The first kappa shape index (κ1) is 13.5. The van der Waals surface area contributed by atoms with Gasteiger partial charge in [-0.2, -0.15) is 0 Å². The molecular weight excluding hydrogens is 358 g/mol. The third-order valence-corrected chi connectivity index (χ3v) is 3.51. The molecule has 1 aromatic carbocycles. The molecule has 5 heteroatoms. The highest BCUT2D eigenvalue weighted by atomic mass is 79.9. The molecule has 0 saturated heterocycles. The highest BCUT2D eigenvalue weighted by Crippen LogP contribution is 2.22. The average molecular weight is 371 g/mol. The number of hydrogen-bond donors (Lipinski definition) is 2. The van der Waals surface area contributed by atoms with E-state index >= 15 is 0 Å². The molecule has 0 fully saturated rings. The Morgan fingerprint density at radius 3 is 2.44 bits per heavy atom. The minimum atomic E-state index is 0.0520. The molecule has 3 N–H and O–H groups in total. The summed E-state index contributed by atoms with van der Waals surface area (Å²) in [5, 5.41) is 3.39. The third-order valence-electron chi connectivity index (χ3n) is 2.55. The molecular formula is C13H13Br2N3. The highest BCUT2D eigenvalue weighted by molar-refractivity contribution is 9.10. The summed E-state index contributed by atoms with van der Waals surface area (Å²) >= 11 is 6.83. The molecule has 3 nitrogen and oxygen atoms in total. The van der Waals surface area contributed by atoms with Gasteiger partial charge in [0.05, 0.1) is 6.04 Å². The number of halogens is 2. The number of hydrogen-bond acceptors (Lipinski definition) is 3. The standard InChI is InChI=1S/C13H13Br2N3/c14-10-1-3-12(4-2-10)18-13(6-16)9-5-11(15)8-17-7-9/h1-5,7-8,13,18H,6,16H2. The Morgan fingerprint density at radius 2 is 1.83 bits per heavy atom. The van der Waals surface area contributed by atoms with Gasteiger partial charge >= 0.3 is 0 Å². The molecule has 18 heavy (non-hydrogen) atoms. The van der Waals surface area contributed by atoms with Crippen molar-refractivity contribution in [3.8, 4) is 0 Å². The number of rotatable bonds is 4. The molecule has 0 aliphatic carbocycles. The van der Waals surface area contributed by atoms with E-state index in [0.29, 0.717) is 6.54 Å². The van der Waals surface area contributed by atoms with Gasteiger partial charge < -0.3 is 11.1 Å². The van der Waals surface area contributed by atoms with E-state index in [2.05, 4.69) is 42.2 Å². The molecule has 0 radical (unpaired) electrons. The Bertz CT molecular complexity index is 514. The van der Waals surface area contributed by atoms with Crippen LogP contribution in [-0.2, 0) is 0 Å². The summed E-state index contributed by atoms with van der Waals surface area (Å²) < 4.78 is 2.01. The summed E-state index contributed by atoms with van der Waals surface area (Å²) in [6, 6.07) is 10.1. The maximum absolute atomic E-state index is 5.82. The van der Waals surface area contributed by atoms with Gasteiger partial charge in [-0.05, 0) is 51.8 Å². The van der Waals surface area contributed by atoms with E-state index in [9.17, 15) is 0 Å². The lowest BCUT2D eigenvalue weighted by Crippen LogP contribution is -2.20. The number of pyridine rings is 1. The van der Waals surface area contributed by atoms with Crippen LogP contribution in [0.3, 0.4) is 0 Å². The second kappa shape index (κ2) is 6.31. The molecule has 0 aliphatic heterocycles. The summed E-state index contributed by atoms with van der Waals surface area (Å²) in [7, 11) is 0. The summed E-state index contributed by atoms with van der Waals surface area (Å²) in [5.41, 5.74) is 7.92. The Balaban J connectivity index is 2.17. The van der Waals surface area contributed by atoms with Crippen molar-refractivity contribution in [1.82, 2.24) is 4.98 Å². The minimum absolute atomic E-state index is 0.0520. The van der Waals surface area contributed by atoms with Crippen molar-refractivity contribution in [3.05, 3.63) is 57.2 Å². The summed E-state index contributed by atoms with van der Waals surface area (Å²) in [6.45, 7) is 0.508. The van der Waals surface area contributed by atoms with Crippen molar-refractivity contribution in [2.45, 2.75) is 6.04 Å². The Morgan fingerprint density at radius 1 is 1.11 bits per heavy atom. The predicted octanol–water partition coefficient (Wildman–Crippen LogP) is 3.72. The number of nitrogens with zero attached hydrogens (tertiary/aromatic N) is 1. The molecule has 0 bridgehead atoms. The van der Waals surface area contributed by atoms with Crippen LogP contribution in [0.4, 0.5) is 5.69 Å². The fourth-order valence-corrected chi connectivity index (χ4v) is 2.29. The average Bonchev–Trinajstić information content (AvgIpc) is 2.38. The maximum Gasteiger partial charge on any atom is 0.0651 e. The van der Waals surface area contributed by atoms with E-state index in [0.717, 1.165) is 20.2 Å². The molecule has 2 aromatic rings. The lowest BCUT2D eigenvalue weighted by Gasteiger charge is -2.18. The zero-order valence-corrected chi connectivity index (χ0v) is 12.8. The molecule has 0 aliphatic rings. The number of nitrogens with two attached hydrogens (primary N) is 1. The molecule has 2 rings (SSSR count). The Hall–Kier alpha value is -0.910. The fourth-order valence-electron chi connectivity index (χ4n) is 1.64. The molecule has 1 aromatic heterocycles. The van der Waals surface area contributed by atoms with E-state index < -0.39 is 0 Å². The van der Waals surface area contributed by atoms with E-state index in [-0.39, 0.29) is 6.04 Å². The van der Waals surface area contributed by atoms with Crippen molar-refractivity contribution in [3.63, 3.8) is 0 Å². The van der Waals surface area contributed by atoms with Crippen LogP contribution in [-0.4, -0.2) is 11.5 Å². The van der Waals surface area contributed by atoms with Gasteiger partial charge in [-0.15, -0.1) is 0 Å². The smallest absolute Gasteiger partial charge is 0.0651 e. The highest BCUT2D eigenvalue weighted by Gasteiger charge is 2.10. The van der Waals surface area contributed by atoms with Gasteiger partial charge in [0.1, 0.15) is 0 Å². The van der Waals surface area contributed by atoms with Crippen LogP contribution in [0, 0.1) is 0 Å². The van der Waals surface area contributed by atoms with E-state index in [1.54, 1.807) is 6.20 Å². The number of benzene rings is 1.